The average Bonchev–Trinajstić information content (AvgIpc) is 2.20. The summed E-state index contributed by atoms with van der Waals surface area (Å²) >= 11 is 0. The van der Waals surface area contributed by atoms with Gasteiger partial charge in [0.1, 0.15) is 6.29 Å². The van der Waals surface area contributed by atoms with E-state index in [-0.39, 0.29) is 5.92 Å². The van der Waals surface area contributed by atoms with Crippen molar-refractivity contribution in [3.8, 4) is 0 Å². The molecule has 0 amide bonds. The second kappa shape index (κ2) is 5.58. The van der Waals surface area contributed by atoms with Gasteiger partial charge in [0.25, 0.3) is 0 Å². The molecule has 0 aliphatic heterocycles. The molecule has 1 aromatic rings. The van der Waals surface area contributed by atoms with Crippen LogP contribution in [0.15, 0.2) is 30.3 Å². The molecule has 1 aromatic carbocycles. The highest BCUT2D eigenvalue weighted by atomic mass is 16.1. The van der Waals surface area contributed by atoms with Crippen LogP contribution in [0.25, 0.3) is 0 Å². The van der Waals surface area contributed by atoms with Crippen molar-refractivity contribution < 1.29 is 4.79 Å². The third-order valence-corrected chi connectivity index (χ3v) is 2.64. The lowest BCUT2D eigenvalue weighted by Crippen LogP contribution is -2.11. The van der Waals surface area contributed by atoms with Crippen LogP contribution in [-0.2, 0) is 11.2 Å². The molecule has 1 heteroatoms. The van der Waals surface area contributed by atoms with E-state index in [1.165, 1.54) is 5.56 Å². The van der Waals surface area contributed by atoms with Crippen molar-refractivity contribution in [2.24, 2.45) is 11.8 Å². The van der Waals surface area contributed by atoms with Gasteiger partial charge in [-0.05, 0) is 24.3 Å². The van der Waals surface area contributed by atoms with E-state index in [0.29, 0.717) is 5.92 Å². The van der Waals surface area contributed by atoms with Crippen molar-refractivity contribution in [2.75, 3.05) is 0 Å². The van der Waals surface area contributed by atoms with Gasteiger partial charge in [-0.3, -0.25) is 0 Å². The largest absolute Gasteiger partial charge is 0.303 e. The van der Waals surface area contributed by atoms with Crippen molar-refractivity contribution in [1.82, 2.24) is 0 Å². The van der Waals surface area contributed by atoms with Gasteiger partial charge in [0.15, 0.2) is 0 Å². The SMILES string of the molecule is CC(C)[C@@H](C=O)CCc1ccccc1. The lowest BCUT2D eigenvalue weighted by atomic mass is 9.91. The summed E-state index contributed by atoms with van der Waals surface area (Å²) in [6.07, 6.45) is 3.06. The number of hydrogen-bond donors (Lipinski definition) is 0. The summed E-state index contributed by atoms with van der Waals surface area (Å²) < 4.78 is 0. The maximum atomic E-state index is 10.8. The van der Waals surface area contributed by atoms with Crippen molar-refractivity contribution in [3.63, 3.8) is 0 Å². The number of rotatable bonds is 5. The first kappa shape index (κ1) is 11.0. The van der Waals surface area contributed by atoms with Gasteiger partial charge in [-0.25, -0.2) is 0 Å². The summed E-state index contributed by atoms with van der Waals surface area (Å²) in [5, 5.41) is 0. The Morgan fingerprint density at radius 1 is 1.21 bits per heavy atom. The first-order valence-corrected chi connectivity index (χ1v) is 5.23. The van der Waals surface area contributed by atoms with Crippen LogP contribution >= 0.6 is 0 Å². The molecule has 0 aliphatic rings. The number of benzene rings is 1. The van der Waals surface area contributed by atoms with Gasteiger partial charge in [0, 0.05) is 5.92 Å². The van der Waals surface area contributed by atoms with Crippen LogP contribution in [0.1, 0.15) is 25.8 Å². The van der Waals surface area contributed by atoms with Crippen LogP contribution < -0.4 is 0 Å². The summed E-state index contributed by atoms with van der Waals surface area (Å²) in [4.78, 5) is 10.8. The molecular weight excluding hydrogens is 172 g/mol. The zero-order valence-corrected chi connectivity index (χ0v) is 8.94. The minimum Gasteiger partial charge on any atom is -0.303 e. The molecule has 1 rings (SSSR count). The summed E-state index contributed by atoms with van der Waals surface area (Å²) in [6.45, 7) is 4.20. The molecule has 0 radical (unpaired) electrons. The molecule has 0 heterocycles. The summed E-state index contributed by atoms with van der Waals surface area (Å²) in [5.74, 6) is 0.659. The molecule has 0 unspecified atom stereocenters. The molecule has 1 atom stereocenters. The molecule has 0 aromatic heterocycles. The van der Waals surface area contributed by atoms with Crippen LogP contribution in [0.4, 0.5) is 0 Å². The van der Waals surface area contributed by atoms with E-state index in [2.05, 4.69) is 26.0 Å². The van der Waals surface area contributed by atoms with E-state index in [1.54, 1.807) is 0 Å². The topological polar surface area (TPSA) is 17.1 Å². The van der Waals surface area contributed by atoms with Crippen molar-refractivity contribution in [2.45, 2.75) is 26.7 Å². The Kier molecular flexibility index (Phi) is 4.37. The highest BCUT2D eigenvalue weighted by Crippen LogP contribution is 2.15. The fourth-order valence-corrected chi connectivity index (χ4v) is 1.54. The highest BCUT2D eigenvalue weighted by Gasteiger charge is 2.11. The van der Waals surface area contributed by atoms with E-state index in [0.717, 1.165) is 19.1 Å². The Balaban J connectivity index is 2.43. The number of carbonyl (C=O) groups is 1. The molecular formula is C13H18O. The second-order valence-corrected chi connectivity index (χ2v) is 4.07. The first-order valence-electron chi connectivity index (χ1n) is 5.23. The second-order valence-electron chi connectivity index (χ2n) is 4.07. The number of hydrogen-bond acceptors (Lipinski definition) is 1. The molecule has 0 fully saturated rings. The van der Waals surface area contributed by atoms with Gasteiger partial charge in [-0.2, -0.15) is 0 Å². The minimum absolute atomic E-state index is 0.204. The van der Waals surface area contributed by atoms with Gasteiger partial charge < -0.3 is 4.79 Å². The summed E-state index contributed by atoms with van der Waals surface area (Å²) in [5.41, 5.74) is 1.32. The summed E-state index contributed by atoms with van der Waals surface area (Å²) in [6, 6.07) is 10.3. The molecule has 0 aliphatic carbocycles. The van der Waals surface area contributed by atoms with Crippen molar-refractivity contribution >= 4 is 6.29 Å². The van der Waals surface area contributed by atoms with Crippen LogP contribution in [0.5, 0.6) is 0 Å². The van der Waals surface area contributed by atoms with E-state index in [1.807, 2.05) is 18.2 Å². The molecule has 0 N–H and O–H groups in total. The molecule has 76 valence electrons. The molecule has 0 bridgehead atoms. The van der Waals surface area contributed by atoms with Gasteiger partial charge in [0.2, 0.25) is 0 Å². The third kappa shape index (κ3) is 3.33. The Morgan fingerprint density at radius 3 is 2.36 bits per heavy atom. The van der Waals surface area contributed by atoms with Gasteiger partial charge in [-0.1, -0.05) is 44.2 Å². The van der Waals surface area contributed by atoms with E-state index in [4.69, 9.17) is 0 Å². The zero-order chi connectivity index (χ0) is 10.4. The third-order valence-electron chi connectivity index (χ3n) is 2.64. The van der Waals surface area contributed by atoms with Crippen LogP contribution in [0.3, 0.4) is 0 Å². The highest BCUT2D eigenvalue weighted by molar-refractivity contribution is 5.53. The molecule has 0 spiro atoms. The van der Waals surface area contributed by atoms with Crippen LogP contribution in [0.2, 0.25) is 0 Å². The smallest absolute Gasteiger partial charge is 0.123 e. The number of aryl methyl sites for hydroxylation is 1. The average molecular weight is 190 g/mol. The van der Waals surface area contributed by atoms with Crippen LogP contribution in [-0.4, -0.2) is 6.29 Å². The lowest BCUT2D eigenvalue weighted by molar-refractivity contribution is -0.112. The minimum atomic E-state index is 0.204. The van der Waals surface area contributed by atoms with Gasteiger partial charge >= 0.3 is 0 Å². The lowest BCUT2D eigenvalue weighted by Gasteiger charge is -2.13. The number of aldehydes is 1. The Bertz CT molecular complexity index is 264. The first-order chi connectivity index (χ1) is 6.74. The zero-order valence-electron chi connectivity index (χ0n) is 8.94. The van der Waals surface area contributed by atoms with Gasteiger partial charge in [0.05, 0.1) is 0 Å². The van der Waals surface area contributed by atoms with Crippen LogP contribution in [0, 0.1) is 11.8 Å². The fourth-order valence-electron chi connectivity index (χ4n) is 1.54. The molecule has 14 heavy (non-hydrogen) atoms. The quantitative estimate of drug-likeness (QED) is 0.652. The van der Waals surface area contributed by atoms with E-state index in [9.17, 15) is 4.79 Å². The fraction of sp³-hybridized carbons (Fsp3) is 0.462. The van der Waals surface area contributed by atoms with Crippen molar-refractivity contribution in [1.29, 1.82) is 0 Å². The maximum Gasteiger partial charge on any atom is 0.123 e. The molecule has 0 saturated carbocycles. The Morgan fingerprint density at radius 2 is 1.86 bits per heavy atom. The Labute approximate surface area is 86.1 Å². The standard InChI is InChI=1S/C13H18O/c1-11(2)13(10-14)9-8-12-6-4-3-5-7-12/h3-7,10-11,13H,8-9H2,1-2H3/t13-/m1/s1. The van der Waals surface area contributed by atoms with E-state index < -0.39 is 0 Å². The van der Waals surface area contributed by atoms with E-state index >= 15 is 0 Å². The maximum absolute atomic E-state index is 10.8. The summed E-state index contributed by atoms with van der Waals surface area (Å²) in [7, 11) is 0. The normalized spacial score (nSPS) is 12.8. The Hall–Kier alpha value is -1.11. The number of carbonyl (C=O) groups excluding carboxylic acids is 1. The van der Waals surface area contributed by atoms with Gasteiger partial charge in [-0.15, -0.1) is 0 Å². The predicted octanol–water partition coefficient (Wildman–Crippen LogP) is 3.09. The molecule has 0 saturated heterocycles. The predicted molar refractivity (Wildman–Crippen MR) is 59.2 cm³/mol. The monoisotopic (exact) mass is 190 g/mol. The van der Waals surface area contributed by atoms with Crippen molar-refractivity contribution in [3.05, 3.63) is 35.9 Å². The molecule has 1 nitrogen and oxygen atoms in total.